The molecule has 4 heterocycles. The highest BCUT2D eigenvalue weighted by atomic mass is 16.3. The van der Waals surface area contributed by atoms with Crippen LogP contribution in [0.15, 0.2) is 39.6 Å². The van der Waals surface area contributed by atoms with Crippen molar-refractivity contribution in [1.29, 1.82) is 0 Å². The lowest BCUT2D eigenvalue weighted by atomic mass is 9.90. The molecule has 1 aromatic rings. The van der Waals surface area contributed by atoms with Gasteiger partial charge in [0.1, 0.15) is 12.4 Å². The van der Waals surface area contributed by atoms with Gasteiger partial charge in [-0.05, 0) is 19.1 Å². The number of nitrogens with zero attached hydrogens (tertiary/aromatic N) is 5. The number of hydrogen-bond donors (Lipinski definition) is 1. The zero-order valence-corrected chi connectivity index (χ0v) is 17.3. The normalized spacial score (nSPS) is 21.7. The summed E-state index contributed by atoms with van der Waals surface area (Å²) < 4.78 is 7.23. The topological polar surface area (TPSA) is 133 Å². The maximum absolute atomic E-state index is 13.2. The molecule has 11 heteroatoms. The first kappa shape index (κ1) is 20.5. The van der Waals surface area contributed by atoms with E-state index >= 15 is 0 Å². The zero-order valence-electron chi connectivity index (χ0n) is 17.3. The fourth-order valence-corrected chi connectivity index (χ4v) is 4.13. The number of carbonyl (C=O) groups excluding carboxylic acids is 4. The van der Waals surface area contributed by atoms with Crippen LogP contribution >= 0.6 is 0 Å². The Morgan fingerprint density at radius 2 is 2.00 bits per heavy atom. The van der Waals surface area contributed by atoms with E-state index in [4.69, 9.17) is 10.2 Å². The highest BCUT2D eigenvalue weighted by Crippen LogP contribution is 2.26. The van der Waals surface area contributed by atoms with Gasteiger partial charge in [-0.3, -0.25) is 24.2 Å². The van der Waals surface area contributed by atoms with Crippen molar-refractivity contribution >= 4 is 35.3 Å². The zero-order chi connectivity index (χ0) is 22.3. The van der Waals surface area contributed by atoms with Gasteiger partial charge in [0.25, 0.3) is 11.8 Å². The van der Waals surface area contributed by atoms with Crippen LogP contribution in [0.2, 0.25) is 0 Å². The highest BCUT2D eigenvalue weighted by Gasteiger charge is 2.50. The first-order valence-corrected chi connectivity index (χ1v) is 9.86. The first-order chi connectivity index (χ1) is 14.8. The molecule has 1 aromatic heterocycles. The van der Waals surface area contributed by atoms with Crippen LogP contribution in [0, 0.1) is 5.92 Å². The second-order valence-electron chi connectivity index (χ2n) is 7.61. The van der Waals surface area contributed by atoms with Gasteiger partial charge in [-0.1, -0.05) is 0 Å². The lowest BCUT2D eigenvalue weighted by Crippen LogP contribution is -2.63. The summed E-state index contributed by atoms with van der Waals surface area (Å²) in [5, 5.41) is 0. The Morgan fingerprint density at radius 3 is 2.61 bits per heavy atom. The molecule has 0 aromatic carbocycles. The number of amidine groups is 1. The maximum Gasteiger partial charge on any atom is 0.332 e. The Morgan fingerprint density at radius 1 is 1.29 bits per heavy atom. The van der Waals surface area contributed by atoms with Crippen molar-refractivity contribution in [2.24, 2.45) is 16.6 Å². The van der Waals surface area contributed by atoms with Crippen molar-refractivity contribution in [2.75, 3.05) is 39.8 Å². The molecule has 4 rings (SSSR count). The van der Waals surface area contributed by atoms with Crippen molar-refractivity contribution in [3.8, 4) is 0 Å². The number of amides is 5. The second kappa shape index (κ2) is 7.82. The number of furan rings is 1. The van der Waals surface area contributed by atoms with Crippen LogP contribution in [-0.2, 0) is 9.59 Å². The van der Waals surface area contributed by atoms with E-state index in [9.17, 15) is 19.2 Å². The van der Waals surface area contributed by atoms with Crippen LogP contribution in [0.5, 0.6) is 0 Å². The number of aliphatic imine (C=N–C) groups is 1. The summed E-state index contributed by atoms with van der Waals surface area (Å²) in [4.78, 5) is 57.9. The molecule has 0 spiro atoms. The predicted molar refractivity (Wildman–Crippen MR) is 108 cm³/mol. The molecule has 1 unspecified atom stereocenters. The minimum atomic E-state index is -0.820. The Hall–Kier alpha value is -3.76. The SMILES string of the molecule is CC1=CN=C2C(C(=O)N(CC(N)=O)C(=O)N2C)C1=[N+]1CCN(C(=O)c2ccco2)CC1. The maximum atomic E-state index is 13.2. The van der Waals surface area contributed by atoms with E-state index in [1.165, 1.54) is 18.2 Å². The molecule has 0 radical (unpaired) electrons. The van der Waals surface area contributed by atoms with Gasteiger partial charge < -0.3 is 15.1 Å². The number of fused-ring (bicyclic) bond motifs is 1. The smallest absolute Gasteiger partial charge is 0.332 e. The van der Waals surface area contributed by atoms with Gasteiger partial charge in [0.05, 0.1) is 19.4 Å². The third-order valence-corrected chi connectivity index (χ3v) is 5.65. The van der Waals surface area contributed by atoms with Gasteiger partial charge >= 0.3 is 6.03 Å². The lowest BCUT2D eigenvalue weighted by molar-refractivity contribution is -0.539. The van der Waals surface area contributed by atoms with E-state index in [1.807, 2.05) is 11.5 Å². The first-order valence-electron chi connectivity index (χ1n) is 9.86. The molecule has 1 atom stereocenters. The molecule has 11 nitrogen and oxygen atoms in total. The quantitative estimate of drug-likeness (QED) is 0.650. The molecule has 31 heavy (non-hydrogen) atoms. The summed E-state index contributed by atoms with van der Waals surface area (Å²) in [7, 11) is 1.51. The van der Waals surface area contributed by atoms with E-state index in [1.54, 1.807) is 23.2 Å². The third kappa shape index (κ3) is 3.51. The number of hydrogen-bond acceptors (Lipinski definition) is 6. The van der Waals surface area contributed by atoms with Crippen LogP contribution in [0.25, 0.3) is 0 Å². The molecule has 162 valence electrons. The molecular weight excluding hydrogens is 404 g/mol. The van der Waals surface area contributed by atoms with Crippen molar-refractivity contribution in [2.45, 2.75) is 6.92 Å². The molecule has 3 aliphatic rings. The van der Waals surface area contributed by atoms with Crippen LogP contribution in [-0.4, -0.2) is 94.3 Å². The number of rotatable bonds is 3. The largest absolute Gasteiger partial charge is 0.459 e. The lowest BCUT2D eigenvalue weighted by Gasteiger charge is -2.38. The Labute approximate surface area is 178 Å². The minimum absolute atomic E-state index is 0.181. The molecule has 2 fully saturated rings. The predicted octanol–water partition coefficient (Wildman–Crippen LogP) is -0.500. The van der Waals surface area contributed by atoms with Crippen molar-refractivity contribution < 1.29 is 28.2 Å². The second-order valence-corrected chi connectivity index (χ2v) is 7.61. The molecule has 0 bridgehead atoms. The third-order valence-electron chi connectivity index (χ3n) is 5.65. The highest BCUT2D eigenvalue weighted by molar-refractivity contribution is 6.32. The molecule has 2 saturated heterocycles. The summed E-state index contributed by atoms with van der Waals surface area (Å²) >= 11 is 0. The standard InChI is InChI=1S/C20H22N6O5/c1-12-10-22-17-15(19(29)26(11-14(21)27)20(30)23(17)2)16(12)24-5-7-25(8-6-24)18(28)13-4-3-9-31-13/h3-4,9-10,15H,5-8,11H2,1-2H3,(H-,21,27)/p+1. The van der Waals surface area contributed by atoms with E-state index in [-0.39, 0.29) is 11.7 Å². The van der Waals surface area contributed by atoms with Crippen LogP contribution in [0.1, 0.15) is 17.5 Å². The molecule has 5 amide bonds. The van der Waals surface area contributed by atoms with E-state index in [0.29, 0.717) is 37.7 Å². The Balaban J connectivity index is 1.63. The molecular formula is C20H23N6O5+. The number of allylic oxidation sites excluding steroid dienone is 1. The summed E-state index contributed by atoms with van der Waals surface area (Å²) in [6, 6.07) is 2.65. The Kier molecular flexibility index (Phi) is 5.17. The van der Waals surface area contributed by atoms with E-state index in [2.05, 4.69) is 4.99 Å². The number of urea groups is 1. The van der Waals surface area contributed by atoms with Gasteiger partial charge in [0.2, 0.25) is 11.6 Å². The van der Waals surface area contributed by atoms with Gasteiger partial charge in [0.15, 0.2) is 24.8 Å². The summed E-state index contributed by atoms with van der Waals surface area (Å²) in [5.74, 6) is -1.71. The summed E-state index contributed by atoms with van der Waals surface area (Å²) in [6.45, 7) is 3.24. The number of imide groups is 1. The fraction of sp³-hybridized carbons (Fsp3) is 0.400. The average molecular weight is 427 g/mol. The summed E-state index contributed by atoms with van der Waals surface area (Å²) in [6.07, 6.45) is 3.09. The fourth-order valence-electron chi connectivity index (χ4n) is 4.13. The molecule has 0 saturated carbocycles. The van der Waals surface area contributed by atoms with Crippen molar-refractivity contribution in [1.82, 2.24) is 14.7 Å². The molecule has 0 aliphatic carbocycles. The number of primary amides is 1. The van der Waals surface area contributed by atoms with Gasteiger partial charge in [0, 0.05) is 18.8 Å². The number of piperazine rings is 1. The van der Waals surface area contributed by atoms with E-state index in [0.717, 1.165) is 10.5 Å². The number of nitrogens with two attached hydrogens (primary N) is 1. The Bertz CT molecular complexity index is 1040. The summed E-state index contributed by atoms with van der Waals surface area (Å²) in [5.41, 5.74) is 6.75. The van der Waals surface area contributed by atoms with Gasteiger partial charge in [-0.25, -0.2) is 14.4 Å². The molecule has 3 aliphatic heterocycles. The van der Waals surface area contributed by atoms with Gasteiger partial charge in [-0.2, -0.15) is 0 Å². The van der Waals surface area contributed by atoms with Crippen molar-refractivity contribution in [3.05, 3.63) is 35.9 Å². The van der Waals surface area contributed by atoms with Crippen molar-refractivity contribution in [3.63, 3.8) is 0 Å². The molecule has 2 N–H and O–H groups in total. The minimum Gasteiger partial charge on any atom is -0.459 e. The van der Waals surface area contributed by atoms with E-state index < -0.39 is 30.3 Å². The van der Waals surface area contributed by atoms with Gasteiger partial charge in [-0.15, -0.1) is 0 Å². The monoisotopic (exact) mass is 427 g/mol. The van der Waals surface area contributed by atoms with Crippen LogP contribution in [0.4, 0.5) is 4.79 Å². The van der Waals surface area contributed by atoms with Crippen LogP contribution < -0.4 is 5.73 Å². The number of carbonyl (C=O) groups is 4. The average Bonchev–Trinajstić information content (AvgIpc) is 3.29. The van der Waals surface area contributed by atoms with Crippen LogP contribution in [0.3, 0.4) is 0 Å².